The smallest absolute Gasteiger partial charge is 0.191 e. The molecule has 1 saturated heterocycles. The minimum absolute atomic E-state index is 0. The second-order valence-electron chi connectivity index (χ2n) is 8.07. The molecule has 0 aromatic heterocycles. The molecule has 2 rings (SSSR count). The Morgan fingerprint density at radius 2 is 1.93 bits per heavy atom. The maximum absolute atomic E-state index is 5.29. The zero-order valence-electron chi connectivity index (χ0n) is 17.8. The lowest BCUT2D eigenvalue weighted by molar-refractivity contribution is 0.0778. The van der Waals surface area contributed by atoms with Crippen molar-refractivity contribution >= 4 is 29.9 Å². The Labute approximate surface area is 183 Å². The first-order valence-corrected chi connectivity index (χ1v) is 10.6. The summed E-state index contributed by atoms with van der Waals surface area (Å²) >= 11 is 0. The molecule has 160 valence electrons. The van der Waals surface area contributed by atoms with Gasteiger partial charge in [0.15, 0.2) is 5.96 Å². The number of methoxy groups -OCH3 is 1. The molecule has 1 saturated carbocycles. The Hall–Kier alpha value is -0.120. The van der Waals surface area contributed by atoms with Crippen molar-refractivity contribution in [2.45, 2.75) is 45.4 Å². The summed E-state index contributed by atoms with van der Waals surface area (Å²) in [5.41, 5.74) is 0.385. The molecular weight excluding hydrogens is 453 g/mol. The van der Waals surface area contributed by atoms with E-state index in [-0.39, 0.29) is 24.0 Å². The largest absolute Gasteiger partial charge is 0.385 e. The molecule has 0 aromatic rings. The third kappa shape index (κ3) is 9.28. The molecule has 27 heavy (non-hydrogen) atoms. The van der Waals surface area contributed by atoms with Crippen LogP contribution in [-0.4, -0.2) is 88.9 Å². The fraction of sp³-hybridized carbons (Fsp3) is 0.950. The first-order valence-electron chi connectivity index (χ1n) is 10.6. The SMILES string of the molecule is CCNC(=NCC1(CCOC)CCC1)NCCCN1CCCN(C)CC1.I. The fourth-order valence-corrected chi connectivity index (χ4v) is 3.90. The van der Waals surface area contributed by atoms with Gasteiger partial charge in [-0.15, -0.1) is 24.0 Å². The summed E-state index contributed by atoms with van der Waals surface area (Å²) in [7, 11) is 4.02. The topological polar surface area (TPSA) is 52.1 Å². The number of aliphatic imine (C=N–C) groups is 1. The van der Waals surface area contributed by atoms with Crippen molar-refractivity contribution in [1.82, 2.24) is 20.4 Å². The van der Waals surface area contributed by atoms with Crippen LogP contribution in [0, 0.1) is 5.41 Å². The van der Waals surface area contributed by atoms with Crippen molar-refractivity contribution in [3.63, 3.8) is 0 Å². The van der Waals surface area contributed by atoms with Gasteiger partial charge in [-0.05, 0) is 71.1 Å². The first-order chi connectivity index (χ1) is 12.7. The number of likely N-dealkylation sites (N-methyl/N-ethyl adjacent to an activating group) is 1. The summed E-state index contributed by atoms with van der Waals surface area (Å²) in [6.07, 6.45) is 7.52. The number of nitrogens with zero attached hydrogens (tertiary/aromatic N) is 3. The van der Waals surface area contributed by atoms with Crippen molar-refractivity contribution < 1.29 is 4.74 Å². The number of hydrogen-bond acceptors (Lipinski definition) is 4. The Kier molecular flexibility index (Phi) is 12.9. The van der Waals surface area contributed by atoms with Crippen molar-refractivity contribution in [1.29, 1.82) is 0 Å². The fourth-order valence-electron chi connectivity index (χ4n) is 3.90. The molecule has 0 amide bonds. The Bertz CT molecular complexity index is 417. The van der Waals surface area contributed by atoms with Gasteiger partial charge in [0.2, 0.25) is 0 Å². The monoisotopic (exact) mass is 495 g/mol. The molecule has 0 spiro atoms. The number of rotatable bonds is 10. The molecule has 7 heteroatoms. The van der Waals surface area contributed by atoms with E-state index in [0.717, 1.165) is 38.6 Å². The van der Waals surface area contributed by atoms with E-state index < -0.39 is 0 Å². The summed E-state index contributed by atoms with van der Waals surface area (Å²) in [6, 6.07) is 0. The molecule has 2 aliphatic rings. The van der Waals surface area contributed by atoms with Gasteiger partial charge < -0.3 is 25.2 Å². The highest BCUT2D eigenvalue weighted by Gasteiger charge is 2.36. The molecular formula is C20H42IN5O. The highest BCUT2D eigenvalue weighted by Crippen LogP contribution is 2.44. The van der Waals surface area contributed by atoms with Gasteiger partial charge in [-0.25, -0.2) is 0 Å². The van der Waals surface area contributed by atoms with E-state index in [4.69, 9.17) is 9.73 Å². The Balaban J connectivity index is 0.00000364. The number of guanidine groups is 1. The molecule has 0 aromatic carbocycles. The van der Waals surface area contributed by atoms with E-state index in [1.165, 1.54) is 64.8 Å². The lowest BCUT2D eigenvalue weighted by Gasteiger charge is -2.40. The van der Waals surface area contributed by atoms with Crippen LogP contribution in [0.25, 0.3) is 0 Å². The van der Waals surface area contributed by atoms with Crippen molar-refractivity contribution in [2.24, 2.45) is 10.4 Å². The quantitative estimate of drug-likeness (QED) is 0.211. The van der Waals surface area contributed by atoms with Crippen LogP contribution in [0.3, 0.4) is 0 Å². The average Bonchev–Trinajstić information content (AvgIpc) is 2.81. The van der Waals surface area contributed by atoms with Crippen LogP contribution < -0.4 is 10.6 Å². The van der Waals surface area contributed by atoms with Crippen molar-refractivity contribution in [3.05, 3.63) is 0 Å². The number of hydrogen-bond donors (Lipinski definition) is 2. The molecule has 0 radical (unpaired) electrons. The molecule has 0 bridgehead atoms. The van der Waals surface area contributed by atoms with Crippen LogP contribution in [-0.2, 0) is 4.74 Å². The van der Waals surface area contributed by atoms with Crippen molar-refractivity contribution in [3.8, 4) is 0 Å². The van der Waals surface area contributed by atoms with Crippen molar-refractivity contribution in [2.75, 3.05) is 73.1 Å². The zero-order valence-corrected chi connectivity index (χ0v) is 20.1. The molecule has 1 aliphatic heterocycles. The van der Waals surface area contributed by atoms with E-state index in [1.54, 1.807) is 7.11 Å². The van der Waals surface area contributed by atoms with E-state index in [0.29, 0.717) is 5.41 Å². The Morgan fingerprint density at radius 1 is 1.11 bits per heavy atom. The summed E-state index contributed by atoms with van der Waals surface area (Å²) in [4.78, 5) is 9.93. The van der Waals surface area contributed by atoms with Crippen LogP contribution >= 0.6 is 24.0 Å². The number of nitrogens with one attached hydrogen (secondary N) is 2. The molecule has 1 heterocycles. The average molecular weight is 495 g/mol. The molecule has 2 fully saturated rings. The molecule has 0 atom stereocenters. The third-order valence-electron chi connectivity index (χ3n) is 5.92. The van der Waals surface area contributed by atoms with E-state index >= 15 is 0 Å². The maximum atomic E-state index is 5.29. The van der Waals surface area contributed by atoms with Crippen LogP contribution in [0.4, 0.5) is 0 Å². The van der Waals surface area contributed by atoms with Gasteiger partial charge in [0, 0.05) is 46.4 Å². The molecule has 1 aliphatic carbocycles. The van der Waals surface area contributed by atoms with Gasteiger partial charge in [-0.3, -0.25) is 4.99 Å². The zero-order chi connectivity index (χ0) is 18.7. The molecule has 2 N–H and O–H groups in total. The van der Waals surface area contributed by atoms with Crippen LogP contribution in [0.15, 0.2) is 4.99 Å². The highest BCUT2D eigenvalue weighted by molar-refractivity contribution is 14.0. The Morgan fingerprint density at radius 3 is 2.59 bits per heavy atom. The third-order valence-corrected chi connectivity index (χ3v) is 5.92. The maximum Gasteiger partial charge on any atom is 0.191 e. The summed E-state index contributed by atoms with van der Waals surface area (Å²) < 4.78 is 5.29. The minimum atomic E-state index is 0. The van der Waals surface area contributed by atoms with Gasteiger partial charge in [0.25, 0.3) is 0 Å². The van der Waals surface area contributed by atoms with Gasteiger partial charge in [-0.1, -0.05) is 6.42 Å². The van der Waals surface area contributed by atoms with Gasteiger partial charge in [0.1, 0.15) is 0 Å². The highest BCUT2D eigenvalue weighted by atomic mass is 127. The normalized spacial score (nSPS) is 21.1. The molecule has 6 nitrogen and oxygen atoms in total. The van der Waals surface area contributed by atoms with E-state index in [9.17, 15) is 0 Å². The van der Waals surface area contributed by atoms with Gasteiger partial charge >= 0.3 is 0 Å². The van der Waals surface area contributed by atoms with Gasteiger partial charge in [-0.2, -0.15) is 0 Å². The lowest BCUT2D eigenvalue weighted by atomic mass is 9.67. The summed E-state index contributed by atoms with van der Waals surface area (Å²) in [5, 5.41) is 6.93. The summed E-state index contributed by atoms with van der Waals surface area (Å²) in [5.74, 6) is 0.979. The number of ether oxygens (including phenoxy) is 1. The molecule has 0 unspecified atom stereocenters. The second-order valence-corrected chi connectivity index (χ2v) is 8.07. The van der Waals surface area contributed by atoms with Crippen LogP contribution in [0.1, 0.15) is 45.4 Å². The van der Waals surface area contributed by atoms with E-state index in [2.05, 4.69) is 34.4 Å². The predicted octanol–water partition coefficient (Wildman–Crippen LogP) is 2.39. The van der Waals surface area contributed by atoms with Gasteiger partial charge in [0.05, 0.1) is 0 Å². The van der Waals surface area contributed by atoms with E-state index in [1.807, 2.05) is 0 Å². The standard InChI is InChI=1S/C20H41N5O.HI/c1-4-21-19(23-18-20(8-5-9-20)10-17-26-3)22-11-6-13-25-14-7-12-24(2)15-16-25;/h4-18H2,1-3H3,(H2,21,22,23);1H. The second kappa shape index (κ2) is 14.0. The predicted molar refractivity (Wildman–Crippen MR) is 125 cm³/mol. The summed E-state index contributed by atoms with van der Waals surface area (Å²) in [6.45, 7) is 11.9. The minimum Gasteiger partial charge on any atom is -0.385 e. The number of halogens is 1. The van der Waals surface area contributed by atoms with Crippen LogP contribution in [0.2, 0.25) is 0 Å². The van der Waals surface area contributed by atoms with Crippen LogP contribution in [0.5, 0.6) is 0 Å². The lowest BCUT2D eigenvalue weighted by Crippen LogP contribution is -2.41. The first kappa shape index (κ1) is 24.9.